The van der Waals surface area contributed by atoms with Crippen molar-refractivity contribution in [3.63, 3.8) is 0 Å². The lowest BCUT2D eigenvalue weighted by Crippen LogP contribution is -2.35. The molecule has 0 spiro atoms. The van der Waals surface area contributed by atoms with Gasteiger partial charge in [0.1, 0.15) is 0 Å². The summed E-state index contributed by atoms with van der Waals surface area (Å²) in [7, 11) is -3.25. The molecule has 1 amide bonds. The van der Waals surface area contributed by atoms with Crippen LogP contribution >= 0.6 is 0 Å². The van der Waals surface area contributed by atoms with Crippen LogP contribution in [0.1, 0.15) is 20.3 Å². The number of amides is 1. The first kappa shape index (κ1) is 9.51. The highest BCUT2D eigenvalue weighted by molar-refractivity contribution is 7.89. The molecule has 0 atom stereocenters. The topological polar surface area (TPSA) is 54.5 Å². The third-order valence-electron chi connectivity index (χ3n) is 1.84. The number of sulfonamides is 1. The molecule has 5 heteroatoms. The molecule has 0 unspecified atom stereocenters. The van der Waals surface area contributed by atoms with E-state index in [1.54, 1.807) is 13.8 Å². The van der Waals surface area contributed by atoms with Gasteiger partial charge in [-0.2, -0.15) is 0 Å². The molecule has 0 saturated carbocycles. The zero-order chi connectivity index (χ0) is 9.35. The first-order valence-corrected chi connectivity index (χ1v) is 5.60. The lowest BCUT2D eigenvalue weighted by molar-refractivity contribution is -0.129. The van der Waals surface area contributed by atoms with Crippen molar-refractivity contribution in [2.45, 2.75) is 20.3 Å². The zero-order valence-electron chi connectivity index (χ0n) is 7.28. The monoisotopic (exact) mass is 191 g/mol. The Hall–Kier alpha value is -0.580. The van der Waals surface area contributed by atoms with Crippen LogP contribution in [0, 0.1) is 5.92 Å². The minimum Gasteiger partial charge on any atom is -0.274 e. The number of carbonyl (C=O) groups is 1. The number of carbonyl (C=O) groups excluding carboxylic acids is 1. The van der Waals surface area contributed by atoms with Crippen LogP contribution < -0.4 is 0 Å². The number of rotatable bonds is 1. The van der Waals surface area contributed by atoms with Gasteiger partial charge in [0.2, 0.25) is 15.9 Å². The quantitative estimate of drug-likeness (QED) is 0.595. The van der Waals surface area contributed by atoms with Gasteiger partial charge in [-0.3, -0.25) is 4.79 Å². The second kappa shape index (κ2) is 3.05. The van der Waals surface area contributed by atoms with Crippen molar-refractivity contribution in [1.29, 1.82) is 0 Å². The highest BCUT2D eigenvalue weighted by atomic mass is 32.2. The Morgan fingerprint density at radius 3 is 2.33 bits per heavy atom. The maximum Gasteiger partial charge on any atom is 0.238 e. The van der Waals surface area contributed by atoms with Crippen LogP contribution in [-0.2, 0) is 14.8 Å². The Morgan fingerprint density at radius 1 is 1.42 bits per heavy atom. The molecule has 0 N–H and O–H groups in total. The largest absolute Gasteiger partial charge is 0.274 e. The Morgan fingerprint density at radius 2 is 2.00 bits per heavy atom. The summed E-state index contributed by atoms with van der Waals surface area (Å²) >= 11 is 0. The summed E-state index contributed by atoms with van der Waals surface area (Å²) in [4.78, 5) is 11.3. The number of nitrogens with zero attached hydrogens (tertiary/aromatic N) is 1. The second-order valence-electron chi connectivity index (χ2n) is 3.23. The van der Waals surface area contributed by atoms with Crippen molar-refractivity contribution in [3.8, 4) is 0 Å². The maximum atomic E-state index is 11.3. The van der Waals surface area contributed by atoms with E-state index in [4.69, 9.17) is 0 Å². The van der Waals surface area contributed by atoms with Crippen molar-refractivity contribution in [1.82, 2.24) is 4.31 Å². The van der Waals surface area contributed by atoms with Crippen molar-refractivity contribution >= 4 is 15.9 Å². The molecule has 1 aliphatic heterocycles. The zero-order valence-corrected chi connectivity index (χ0v) is 8.10. The molecule has 0 radical (unpaired) electrons. The van der Waals surface area contributed by atoms with Crippen LogP contribution in [0.15, 0.2) is 0 Å². The molecular formula is C7H13NO3S. The van der Waals surface area contributed by atoms with Gasteiger partial charge >= 0.3 is 0 Å². The summed E-state index contributed by atoms with van der Waals surface area (Å²) in [5, 5.41) is 0. The van der Waals surface area contributed by atoms with E-state index in [1.807, 2.05) is 0 Å². The van der Waals surface area contributed by atoms with Crippen LogP contribution in [0.3, 0.4) is 0 Å². The minimum absolute atomic E-state index is 0.117. The van der Waals surface area contributed by atoms with E-state index in [0.29, 0.717) is 13.0 Å². The molecule has 4 nitrogen and oxygen atoms in total. The van der Waals surface area contributed by atoms with Gasteiger partial charge in [-0.05, 0) is 6.42 Å². The van der Waals surface area contributed by atoms with Gasteiger partial charge < -0.3 is 0 Å². The van der Waals surface area contributed by atoms with Crippen LogP contribution in [-0.4, -0.2) is 30.9 Å². The van der Waals surface area contributed by atoms with E-state index in [-0.39, 0.29) is 17.6 Å². The van der Waals surface area contributed by atoms with Gasteiger partial charge in [0.15, 0.2) is 0 Å². The SMILES string of the molecule is CC(C)C(=O)N1CCCS1(=O)=O. The van der Waals surface area contributed by atoms with Crippen LogP contribution in [0.2, 0.25) is 0 Å². The predicted octanol–water partition coefficient (Wildman–Crippen LogP) is 0.205. The second-order valence-corrected chi connectivity index (χ2v) is 5.25. The third kappa shape index (κ3) is 1.60. The van der Waals surface area contributed by atoms with Crippen LogP contribution in [0.5, 0.6) is 0 Å². The van der Waals surface area contributed by atoms with Gasteiger partial charge in [-0.15, -0.1) is 0 Å². The Kier molecular flexibility index (Phi) is 2.41. The summed E-state index contributed by atoms with van der Waals surface area (Å²) in [6.07, 6.45) is 0.570. The lowest BCUT2D eigenvalue weighted by atomic mass is 10.2. The average Bonchev–Trinajstić information content (AvgIpc) is 2.27. The Labute approximate surface area is 72.6 Å². The molecule has 70 valence electrons. The van der Waals surface area contributed by atoms with E-state index in [9.17, 15) is 13.2 Å². The van der Waals surface area contributed by atoms with Crippen molar-refractivity contribution < 1.29 is 13.2 Å². The van der Waals surface area contributed by atoms with E-state index in [0.717, 1.165) is 4.31 Å². The molecule has 12 heavy (non-hydrogen) atoms. The van der Waals surface area contributed by atoms with Crippen LogP contribution in [0.4, 0.5) is 0 Å². The molecule has 0 aliphatic carbocycles. The first-order valence-electron chi connectivity index (χ1n) is 3.99. The third-order valence-corrected chi connectivity index (χ3v) is 3.68. The summed E-state index contributed by atoms with van der Waals surface area (Å²) in [5.41, 5.74) is 0. The molecule has 1 fully saturated rings. The van der Waals surface area contributed by atoms with Gasteiger partial charge in [0.25, 0.3) is 0 Å². The summed E-state index contributed by atoms with van der Waals surface area (Å²) < 4.78 is 23.4. The smallest absolute Gasteiger partial charge is 0.238 e. The highest BCUT2D eigenvalue weighted by Crippen LogP contribution is 2.16. The molecule has 0 aromatic heterocycles. The fraction of sp³-hybridized carbons (Fsp3) is 0.857. The molecule has 0 aromatic rings. The average molecular weight is 191 g/mol. The Balaban J connectivity index is 2.84. The lowest BCUT2D eigenvalue weighted by Gasteiger charge is -2.16. The molecule has 1 heterocycles. The van der Waals surface area contributed by atoms with Crippen molar-refractivity contribution in [2.75, 3.05) is 12.3 Å². The molecule has 0 bridgehead atoms. The van der Waals surface area contributed by atoms with Crippen molar-refractivity contribution in [3.05, 3.63) is 0 Å². The minimum atomic E-state index is -3.25. The normalized spacial score (nSPS) is 21.8. The molecule has 0 aromatic carbocycles. The fourth-order valence-corrected chi connectivity index (χ4v) is 2.78. The van der Waals surface area contributed by atoms with E-state index in [2.05, 4.69) is 0 Å². The number of hydrogen-bond acceptors (Lipinski definition) is 3. The molecule has 1 rings (SSSR count). The fourth-order valence-electron chi connectivity index (χ4n) is 1.18. The summed E-state index contributed by atoms with van der Waals surface area (Å²) in [6.45, 7) is 3.77. The van der Waals surface area contributed by atoms with Gasteiger partial charge in [-0.1, -0.05) is 13.8 Å². The van der Waals surface area contributed by atoms with Crippen molar-refractivity contribution in [2.24, 2.45) is 5.92 Å². The van der Waals surface area contributed by atoms with E-state index in [1.165, 1.54) is 0 Å². The van der Waals surface area contributed by atoms with Gasteiger partial charge in [0.05, 0.1) is 5.75 Å². The van der Waals surface area contributed by atoms with Gasteiger partial charge in [0, 0.05) is 12.5 Å². The first-order chi connectivity index (χ1) is 5.45. The van der Waals surface area contributed by atoms with E-state index >= 15 is 0 Å². The Bertz CT molecular complexity index is 281. The highest BCUT2D eigenvalue weighted by Gasteiger charge is 2.33. The summed E-state index contributed by atoms with van der Waals surface area (Å²) in [5.74, 6) is -0.406. The molecule has 1 saturated heterocycles. The standard InChI is InChI=1S/C7H13NO3S/c1-6(2)7(9)8-4-3-5-12(8,10)11/h6H,3-5H2,1-2H3. The predicted molar refractivity (Wildman–Crippen MR) is 45.0 cm³/mol. The number of hydrogen-bond donors (Lipinski definition) is 0. The van der Waals surface area contributed by atoms with Crippen LogP contribution in [0.25, 0.3) is 0 Å². The van der Waals surface area contributed by atoms with Gasteiger partial charge in [-0.25, -0.2) is 12.7 Å². The maximum absolute atomic E-state index is 11.3. The molecular weight excluding hydrogens is 178 g/mol. The summed E-state index contributed by atoms with van der Waals surface area (Å²) in [6, 6.07) is 0. The molecule has 1 aliphatic rings. The van der Waals surface area contributed by atoms with E-state index < -0.39 is 10.0 Å².